The third-order valence-corrected chi connectivity index (χ3v) is 6.60. The molecule has 1 N–H and O–H groups in total. The number of carbonyl (C=O) groups excluding carboxylic acids is 1. The first-order chi connectivity index (χ1) is 11.2. The van der Waals surface area contributed by atoms with Crippen molar-refractivity contribution < 1.29 is 4.79 Å². The fourth-order valence-corrected chi connectivity index (χ4v) is 4.95. The fraction of sp³-hybridized carbons (Fsp3) is 0.824. The highest BCUT2D eigenvalue weighted by molar-refractivity contribution is 8.01. The Bertz CT molecular complexity index is 470. The zero-order chi connectivity index (χ0) is 16.5. The van der Waals surface area contributed by atoms with Crippen LogP contribution in [-0.2, 0) is 4.79 Å². The van der Waals surface area contributed by atoms with Crippen molar-refractivity contribution in [1.82, 2.24) is 10.2 Å². The van der Waals surface area contributed by atoms with Gasteiger partial charge in [-0.2, -0.15) is 0 Å². The van der Waals surface area contributed by atoms with Crippen molar-refractivity contribution in [3.63, 3.8) is 0 Å². The summed E-state index contributed by atoms with van der Waals surface area (Å²) < 4.78 is 0.956. The molecule has 0 radical (unpaired) electrons. The molecular formula is C17H29N3OS2. The summed E-state index contributed by atoms with van der Waals surface area (Å²) in [6.07, 6.45) is 10.8. The maximum absolute atomic E-state index is 12.4. The topological polar surface area (TPSA) is 54.9 Å². The van der Waals surface area contributed by atoms with Crippen LogP contribution in [0.2, 0.25) is 0 Å². The number of aromatic nitrogens is 2. The minimum Gasteiger partial charge on any atom is -0.300 e. The second kappa shape index (κ2) is 10.3. The van der Waals surface area contributed by atoms with Gasteiger partial charge >= 0.3 is 0 Å². The lowest BCUT2D eigenvalue weighted by atomic mass is 9.79. The number of hydrogen-bond donors (Lipinski definition) is 1. The summed E-state index contributed by atoms with van der Waals surface area (Å²) in [5, 5.41) is 11.9. The number of nitrogens with zero attached hydrogens (tertiary/aromatic N) is 2. The molecule has 6 heteroatoms. The van der Waals surface area contributed by atoms with Gasteiger partial charge in [-0.15, -0.1) is 10.2 Å². The molecule has 0 bridgehead atoms. The van der Waals surface area contributed by atoms with Crippen molar-refractivity contribution in [2.75, 3.05) is 11.1 Å². The van der Waals surface area contributed by atoms with Gasteiger partial charge in [0.15, 0.2) is 4.34 Å². The van der Waals surface area contributed by atoms with Gasteiger partial charge in [0.05, 0.1) is 0 Å². The number of unbranched alkanes of at least 4 members (excludes halogenated alkanes) is 2. The number of nitrogens with one attached hydrogen (secondary N) is 1. The van der Waals surface area contributed by atoms with E-state index in [0.29, 0.717) is 5.13 Å². The number of thioether (sulfide) groups is 1. The maximum atomic E-state index is 12.4. The van der Waals surface area contributed by atoms with E-state index >= 15 is 0 Å². The van der Waals surface area contributed by atoms with Crippen molar-refractivity contribution in [1.29, 1.82) is 0 Å². The van der Waals surface area contributed by atoms with Gasteiger partial charge < -0.3 is 5.32 Å². The molecule has 2 rings (SSSR count). The molecule has 23 heavy (non-hydrogen) atoms. The molecule has 0 aromatic carbocycles. The first-order valence-corrected chi connectivity index (χ1v) is 10.8. The molecule has 0 aliphatic heterocycles. The van der Waals surface area contributed by atoms with Crippen molar-refractivity contribution in [3.05, 3.63) is 0 Å². The van der Waals surface area contributed by atoms with Crippen molar-refractivity contribution in [3.8, 4) is 0 Å². The zero-order valence-corrected chi connectivity index (χ0v) is 16.0. The van der Waals surface area contributed by atoms with E-state index in [9.17, 15) is 4.79 Å². The Labute approximate surface area is 148 Å². The number of hydrogen-bond acceptors (Lipinski definition) is 5. The molecule has 0 saturated heterocycles. The van der Waals surface area contributed by atoms with E-state index in [-0.39, 0.29) is 11.8 Å². The third kappa shape index (κ3) is 6.42. The van der Waals surface area contributed by atoms with E-state index in [4.69, 9.17) is 0 Å². The molecule has 0 spiro atoms. The van der Waals surface area contributed by atoms with Crippen LogP contribution < -0.4 is 5.32 Å². The van der Waals surface area contributed by atoms with Crippen LogP contribution in [0.4, 0.5) is 5.13 Å². The molecule has 0 unspecified atom stereocenters. The molecule has 1 aliphatic carbocycles. The Morgan fingerprint density at radius 1 is 1.17 bits per heavy atom. The Morgan fingerprint density at radius 3 is 2.61 bits per heavy atom. The minimum atomic E-state index is 0.139. The summed E-state index contributed by atoms with van der Waals surface area (Å²) in [5.41, 5.74) is 0. The highest BCUT2D eigenvalue weighted by Crippen LogP contribution is 2.33. The molecule has 4 nitrogen and oxygen atoms in total. The zero-order valence-electron chi connectivity index (χ0n) is 14.3. The number of rotatable bonds is 9. The minimum absolute atomic E-state index is 0.139. The van der Waals surface area contributed by atoms with Crippen LogP contribution in [-0.4, -0.2) is 21.9 Å². The van der Waals surface area contributed by atoms with E-state index in [1.165, 1.54) is 56.3 Å². The third-order valence-electron chi connectivity index (χ3n) is 4.54. The maximum Gasteiger partial charge on any atom is 0.229 e. The van der Waals surface area contributed by atoms with E-state index in [1.54, 1.807) is 11.8 Å². The van der Waals surface area contributed by atoms with E-state index in [1.807, 2.05) is 0 Å². The summed E-state index contributed by atoms with van der Waals surface area (Å²) in [4.78, 5) is 12.4. The lowest BCUT2D eigenvalue weighted by Gasteiger charge is -2.27. The summed E-state index contributed by atoms with van der Waals surface area (Å²) >= 11 is 3.23. The smallest absolute Gasteiger partial charge is 0.229 e. The van der Waals surface area contributed by atoms with Gasteiger partial charge in [-0.3, -0.25) is 4.79 Å². The first-order valence-electron chi connectivity index (χ1n) is 9.00. The molecule has 1 aliphatic rings. The normalized spacial score (nSPS) is 21.3. The van der Waals surface area contributed by atoms with Crippen molar-refractivity contribution in [2.24, 2.45) is 11.8 Å². The van der Waals surface area contributed by atoms with Crippen LogP contribution in [0.25, 0.3) is 0 Å². The second-order valence-corrected chi connectivity index (χ2v) is 8.74. The summed E-state index contributed by atoms with van der Waals surface area (Å²) in [6, 6.07) is 0. The summed E-state index contributed by atoms with van der Waals surface area (Å²) in [6.45, 7) is 4.43. The van der Waals surface area contributed by atoms with Gasteiger partial charge in [-0.25, -0.2) is 0 Å². The summed E-state index contributed by atoms with van der Waals surface area (Å²) in [7, 11) is 0. The molecule has 1 aromatic heterocycles. The highest BCUT2D eigenvalue weighted by Gasteiger charge is 2.26. The van der Waals surface area contributed by atoms with E-state index < -0.39 is 0 Å². The first kappa shape index (κ1) is 18.7. The van der Waals surface area contributed by atoms with E-state index in [2.05, 4.69) is 29.4 Å². The summed E-state index contributed by atoms with van der Waals surface area (Å²) in [5.74, 6) is 2.20. The molecule has 1 amide bonds. The van der Waals surface area contributed by atoms with Gasteiger partial charge in [0, 0.05) is 11.7 Å². The second-order valence-electron chi connectivity index (χ2n) is 6.42. The SMILES string of the molecule is CCCCSc1nnc(NC(=O)C2CCC(CCCC)CC2)s1. The number of amides is 1. The highest BCUT2D eigenvalue weighted by atomic mass is 32.2. The van der Waals surface area contributed by atoms with Gasteiger partial charge in [0.2, 0.25) is 11.0 Å². The Balaban J connectivity index is 1.72. The van der Waals surface area contributed by atoms with Crippen LogP contribution in [0.1, 0.15) is 71.6 Å². The molecule has 1 aromatic rings. The Hall–Kier alpha value is -0.620. The largest absolute Gasteiger partial charge is 0.300 e. The van der Waals surface area contributed by atoms with Crippen LogP contribution in [0, 0.1) is 11.8 Å². The molecular weight excluding hydrogens is 326 g/mol. The van der Waals surface area contributed by atoms with Crippen molar-refractivity contribution in [2.45, 2.75) is 76.0 Å². The lowest BCUT2D eigenvalue weighted by Crippen LogP contribution is -2.27. The van der Waals surface area contributed by atoms with E-state index in [0.717, 1.165) is 28.9 Å². The van der Waals surface area contributed by atoms with Gasteiger partial charge in [0.25, 0.3) is 0 Å². The standard InChI is InChI=1S/C17H29N3OS2/c1-3-5-7-13-8-10-14(11-9-13)15(21)18-16-19-20-17(23-16)22-12-6-4-2/h13-14H,3-12H2,1-2H3,(H,18,19,21). The van der Waals surface area contributed by atoms with Gasteiger partial charge in [-0.1, -0.05) is 62.6 Å². The average molecular weight is 356 g/mol. The predicted molar refractivity (Wildman–Crippen MR) is 99.1 cm³/mol. The Morgan fingerprint density at radius 2 is 1.91 bits per heavy atom. The van der Waals surface area contributed by atoms with Gasteiger partial charge in [0.1, 0.15) is 0 Å². The predicted octanol–water partition coefficient (Wildman–Crippen LogP) is 5.37. The fourth-order valence-electron chi connectivity index (χ4n) is 3.04. The van der Waals surface area contributed by atoms with Crippen LogP contribution in [0.3, 0.4) is 0 Å². The van der Waals surface area contributed by atoms with Crippen LogP contribution in [0.5, 0.6) is 0 Å². The van der Waals surface area contributed by atoms with Crippen LogP contribution >= 0.6 is 23.1 Å². The van der Waals surface area contributed by atoms with Crippen molar-refractivity contribution >= 4 is 34.1 Å². The molecule has 0 atom stereocenters. The Kier molecular flexibility index (Phi) is 8.37. The molecule has 130 valence electrons. The van der Waals surface area contributed by atoms with Crippen LogP contribution in [0.15, 0.2) is 4.34 Å². The quantitative estimate of drug-likeness (QED) is 0.368. The molecule has 1 heterocycles. The molecule has 1 fully saturated rings. The molecule has 1 saturated carbocycles. The average Bonchev–Trinajstić information content (AvgIpc) is 3.01. The monoisotopic (exact) mass is 355 g/mol. The van der Waals surface area contributed by atoms with Gasteiger partial charge in [-0.05, 0) is 38.0 Å². The number of carbonyl (C=O) groups is 1. The number of anilines is 1. The lowest BCUT2D eigenvalue weighted by molar-refractivity contribution is -0.121.